The molecule has 4 heteroatoms. The van der Waals surface area contributed by atoms with Gasteiger partial charge in [0.05, 0.1) is 12.1 Å². The van der Waals surface area contributed by atoms with Gasteiger partial charge in [0.15, 0.2) is 11.5 Å². The number of hydrogen-bond donors (Lipinski definition) is 2. The van der Waals surface area contributed by atoms with Crippen LogP contribution in [0.4, 0.5) is 0 Å². The molecule has 17 heavy (non-hydrogen) atoms. The third-order valence-electron chi connectivity index (χ3n) is 2.85. The summed E-state index contributed by atoms with van der Waals surface area (Å²) in [4.78, 5) is 0. The normalized spacial score (nSPS) is 10.6. The van der Waals surface area contributed by atoms with Crippen molar-refractivity contribution in [2.24, 2.45) is 5.73 Å². The third-order valence-corrected chi connectivity index (χ3v) is 3.32. The highest BCUT2D eigenvalue weighted by Gasteiger charge is 2.15. The highest BCUT2D eigenvalue weighted by Crippen LogP contribution is 2.38. The van der Waals surface area contributed by atoms with Crippen LogP contribution in [0.15, 0.2) is 6.07 Å². The minimum atomic E-state index is 0.159. The number of phenolic OH excluding ortho intramolecular Hbond substituents is 1. The second kappa shape index (κ2) is 6.72. The first-order valence-electron chi connectivity index (χ1n) is 5.92. The molecule has 0 aromatic heterocycles. The highest BCUT2D eigenvalue weighted by atomic mass is 35.5. The van der Waals surface area contributed by atoms with Crippen LogP contribution in [-0.2, 0) is 12.8 Å². The Bertz CT molecular complexity index is 352. The third kappa shape index (κ3) is 3.27. The lowest BCUT2D eigenvalue weighted by Gasteiger charge is -2.14. The smallest absolute Gasteiger partial charge is 0.162 e. The van der Waals surface area contributed by atoms with E-state index in [2.05, 4.69) is 0 Å². The van der Waals surface area contributed by atoms with E-state index in [1.54, 1.807) is 13.2 Å². The molecule has 0 saturated heterocycles. The molecule has 0 aliphatic rings. The fourth-order valence-corrected chi connectivity index (χ4v) is 2.20. The number of phenols is 1. The monoisotopic (exact) mass is 257 g/mol. The Morgan fingerprint density at radius 3 is 2.65 bits per heavy atom. The number of rotatable bonds is 6. The first-order chi connectivity index (χ1) is 8.15. The van der Waals surface area contributed by atoms with Gasteiger partial charge in [-0.15, -0.1) is 0 Å². The maximum Gasteiger partial charge on any atom is 0.162 e. The van der Waals surface area contributed by atoms with Gasteiger partial charge in [0.25, 0.3) is 0 Å². The summed E-state index contributed by atoms with van der Waals surface area (Å²) in [5, 5.41) is 10.7. The van der Waals surface area contributed by atoms with Crippen molar-refractivity contribution in [2.75, 3.05) is 13.7 Å². The van der Waals surface area contributed by atoms with Gasteiger partial charge in [-0.05, 0) is 43.9 Å². The lowest BCUT2D eigenvalue weighted by molar-refractivity contribution is 0.370. The number of nitrogens with two attached hydrogens (primary N) is 1. The van der Waals surface area contributed by atoms with Gasteiger partial charge in [0.1, 0.15) is 0 Å². The van der Waals surface area contributed by atoms with Crippen LogP contribution >= 0.6 is 11.6 Å². The number of halogens is 1. The predicted octanol–water partition coefficient (Wildman–Crippen LogP) is 2.90. The Morgan fingerprint density at radius 1 is 1.41 bits per heavy atom. The van der Waals surface area contributed by atoms with Crippen LogP contribution in [0.25, 0.3) is 0 Å². The molecule has 0 heterocycles. The van der Waals surface area contributed by atoms with E-state index in [9.17, 15) is 5.11 Å². The van der Waals surface area contributed by atoms with Gasteiger partial charge in [-0.3, -0.25) is 0 Å². The highest BCUT2D eigenvalue weighted by molar-refractivity contribution is 6.32. The quantitative estimate of drug-likeness (QED) is 0.771. The molecule has 3 nitrogen and oxygen atoms in total. The Morgan fingerprint density at radius 2 is 2.12 bits per heavy atom. The van der Waals surface area contributed by atoms with Crippen molar-refractivity contribution in [3.63, 3.8) is 0 Å². The van der Waals surface area contributed by atoms with Crippen LogP contribution in [0.3, 0.4) is 0 Å². The average molecular weight is 258 g/mol. The summed E-state index contributed by atoms with van der Waals surface area (Å²) in [5.74, 6) is 0.653. The minimum Gasteiger partial charge on any atom is -0.504 e. The van der Waals surface area contributed by atoms with Gasteiger partial charge in [0, 0.05) is 5.56 Å². The van der Waals surface area contributed by atoms with Gasteiger partial charge < -0.3 is 15.6 Å². The molecular weight excluding hydrogens is 238 g/mol. The van der Waals surface area contributed by atoms with E-state index in [4.69, 9.17) is 22.1 Å². The zero-order valence-corrected chi connectivity index (χ0v) is 11.2. The lowest BCUT2D eigenvalue weighted by atomic mass is 10.0. The molecule has 0 spiro atoms. The van der Waals surface area contributed by atoms with E-state index in [-0.39, 0.29) is 5.75 Å². The molecule has 0 atom stereocenters. The number of aryl methyl sites for hydroxylation is 1. The summed E-state index contributed by atoms with van der Waals surface area (Å²) in [7, 11) is 1.55. The van der Waals surface area contributed by atoms with E-state index in [0.717, 1.165) is 36.8 Å². The Balaban J connectivity index is 3.06. The van der Waals surface area contributed by atoms with Crippen molar-refractivity contribution in [2.45, 2.75) is 32.6 Å². The summed E-state index contributed by atoms with van der Waals surface area (Å²) >= 11 is 6.28. The fraction of sp³-hybridized carbons (Fsp3) is 0.538. The minimum absolute atomic E-state index is 0.159. The van der Waals surface area contributed by atoms with E-state index in [1.165, 1.54) is 0 Å². The molecule has 0 fully saturated rings. The van der Waals surface area contributed by atoms with Gasteiger partial charge >= 0.3 is 0 Å². The number of ether oxygens (including phenoxy) is 1. The summed E-state index contributed by atoms with van der Waals surface area (Å²) < 4.78 is 5.16. The molecule has 0 unspecified atom stereocenters. The number of benzene rings is 1. The molecule has 96 valence electrons. The largest absolute Gasteiger partial charge is 0.504 e. The molecule has 1 aromatic carbocycles. The Hall–Kier alpha value is -0.930. The SMILES string of the molecule is CCc1cc(OC)c(O)c(CCCCN)c1Cl. The molecule has 0 aliphatic heterocycles. The average Bonchev–Trinajstić information content (AvgIpc) is 2.34. The van der Waals surface area contributed by atoms with Crippen LogP contribution < -0.4 is 10.5 Å². The van der Waals surface area contributed by atoms with E-state index >= 15 is 0 Å². The molecule has 0 saturated carbocycles. The van der Waals surface area contributed by atoms with Crippen molar-refractivity contribution < 1.29 is 9.84 Å². The van der Waals surface area contributed by atoms with E-state index < -0.39 is 0 Å². The zero-order chi connectivity index (χ0) is 12.8. The zero-order valence-electron chi connectivity index (χ0n) is 10.4. The van der Waals surface area contributed by atoms with Gasteiger partial charge in [-0.1, -0.05) is 18.5 Å². The molecule has 0 radical (unpaired) electrons. The molecule has 1 rings (SSSR count). The maximum absolute atomic E-state index is 10.0. The molecule has 0 aliphatic carbocycles. The van der Waals surface area contributed by atoms with E-state index in [0.29, 0.717) is 17.3 Å². The number of aromatic hydroxyl groups is 1. The van der Waals surface area contributed by atoms with Gasteiger partial charge in [-0.2, -0.15) is 0 Å². The number of hydrogen-bond acceptors (Lipinski definition) is 3. The molecule has 0 bridgehead atoms. The first kappa shape index (κ1) is 14.1. The van der Waals surface area contributed by atoms with Crippen molar-refractivity contribution in [3.05, 3.63) is 22.2 Å². The van der Waals surface area contributed by atoms with Gasteiger partial charge in [0.2, 0.25) is 0 Å². The Labute approximate surface area is 108 Å². The van der Waals surface area contributed by atoms with Gasteiger partial charge in [-0.25, -0.2) is 0 Å². The summed E-state index contributed by atoms with van der Waals surface area (Å²) in [6.45, 7) is 2.68. The topological polar surface area (TPSA) is 55.5 Å². The van der Waals surface area contributed by atoms with Crippen LogP contribution in [0.5, 0.6) is 11.5 Å². The second-order valence-electron chi connectivity index (χ2n) is 3.98. The van der Waals surface area contributed by atoms with E-state index in [1.807, 2.05) is 6.92 Å². The number of methoxy groups -OCH3 is 1. The summed E-state index contributed by atoms with van der Waals surface area (Å²) in [6.07, 6.45) is 3.39. The molecule has 3 N–H and O–H groups in total. The summed E-state index contributed by atoms with van der Waals surface area (Å²) in [6, 6.07) is 1.80. The van der Waals surface area contributed by atoms with Crippen molar-refractivity contribution in [3.8, 4) is 11.5 Å². The van der Waals surface area contributed by atoms with Crippen LogP contribution in [0.2, 0.25) is 5.02 Å². The maximum atomic E-state index is 10.0. The van der Waals surface area contributed by atoms with Crippen LogP contribution in [0, 0.1) is 0 Å². The van der Waals surface area contributed by atoms with Crippen molar-refractivity contribution in [1.29, 1.82) is 0 Å². The van der Waals surface area contributed by atoms with Crippen molar-refractivity contribution in [1.82, 2.24) is 0 Å². The summed E-state index contributed by atoms with van der Waals surface area (Å²) in [5.41, 5.74) is 7.24. The predicted molar refractivity (Wildman–Crippen MR) is 71.0 cm³/mol. The molecular formula is C13H20ClNO2. The van der Waals surface area contributed by atoms with Crippen LogP contribution in [0.1, 0.15) is 30.9 Å². The fourth-order valence-electron chi connectivity index (χ4n) is 1.82. The molecule has 1 aromatic rings. The van der Waals surface area contributed by atoms with Crippen molar-refractivity contribution >= 4 is 11.6 Å². The standard InChI is InChI=1S/C13H20ClNO2/c1-3-9-8-11(17-2)13(16)10(12(9)14)6-4-5-7-15/h8,16H,3-7,15H2,1-2H3. The molecule has 0 amide bonds. The lowest BCUT2D eigenvalue weighted by Crippen LogP contribution is -2.01. The first-order valence-corrected chi connectivity index (χ1v) is 6.30. The van der Waals surface area contributed by atoms with Crippen LogP contribution in [-0.4, -0.2) is 18.8 Å². The second-order valence-corrected chi connectivity index (χ2v) is 4.36. The number of unbranched alkanes of at least 4 members (excludes halogenated alkanes) is 1. The Kier molecular flexibility index (Phi) is 5.59.